The number of aromatic hydroxyl groups is 1. The number of phenols is 1. The van der Waals surface area contributed by atoms with E-state index in [9.17, 15) is 14.7 Å². The molecule has 0 bridgehead atoms. The first kappa shape index (κ1) is 19.0. The molecule has 138 valence electrons. The van der Waals surface area contributed by atoms with Crippen LogP contribution < -0.4 is 10.1 Å². The average Bonchev–Trinajstić information content (AvgIpc) is 3.08. The Balaban J connectivity index is 1.59. The molecule has 0 saturated carbocycles. The van der Waals surface area contributed by atoms with Gasteiger partial charge in [0.05, 0.1) is 0 Å². The lowest BCUT2D eigenvalue weighted by Crippen LogP contribution is -2.26. The lowest BCUT2D eigenvalue weighted by molar-refractivity contribution is 0.0693. The average molecular weight is 420 g/mol. The Hall–Kier alpha value is -2.75. The van der Waals surface area contributed by atoms with Crippen molar-refractivity contribution in [2.75, 3.05) is 0 Å². The van der Waals surface area contributed by atoms with Gasteiger partial charge in [0.1, 0.15) is 20.9 Å². The number of hydrogen-bond donors (Lipinski definition) is 3. The molecule has 1 aromatic heterocycles. The fourth-order valence-corrected chi connectivity index (χ4v) is 4.64. The highest BCUT2D eigenvalue weighted by atomic mass is 32.9. The van der Waals surface area contributed by atoms with E-state index in [1.54, 1.807) is 22.5 Å². The van der Waals surface area contributed by atoms with Crippen LogP contribution in [0.25, 0.3) is 10.4 Å². The van der Waals surface area contributed by atoms with Crippen molar-refractivity contribution in [3.8, 4) is 21.9 Å². The maximum absolute atomic E-state index is 11.9. The second-order valence-corrected chi connectivity index (χ2v) is 8.33. The number of carbonyl (C=O) groups is 2. The Morgan fingerprint density at radius 3 is 2.44 bits per heavy atom. The van der Waals surface area contributed by atoms with E-state index in [4.69, 9.17) is 22.1 Å². The van der Waals surface area contributed by atoms with E-state index >= 15 is 0 Å². The van der Waals surface area contributed by atoms with E-state index in [0.29, 0.717) is 11.3 Å². The monoisotopic (exact) mass is 419 g/mol. The van der Waals surface area contributed by atoms with Crippen LogP contribution in [0, 0.1) is 3.82 Å². The van der Waals surface area contributed by atoms with Gasteiger partial charge in [-0.15, -0.1) is 0 Å². The van der Waals surface area contributed by atoms with Crippen molar-refractivity contribution < 1.29 is 24.5 Å². The standard InChI is InChI=1S/C18H13NO5S3/c20-14-6-1-10(7-13(14)17(21)22)9-19-18(23)24-12-4-2-11(3-5-12)15-8-16(25)27-26-15/h1-8,20H,9H2,(H,19,23)(H,21,22). The summed E-state index contributed by atoms with van der Waals surface area (Å²) in [4.78, 5) is 24.0. The number of carbonyl (C=O) groups excluding carboxylic acids is 1. The SMILES string of the molecule is O=C(NCc1ccc(O)c(C(=O)O)c1)Oc1ccc(-c2cc(=S)ss2)cc1. The Kier molecular flexibility index (Phi) is 5.84. The van der Waals surface area contributed by atoms with Crippen LogP contribution >= 0.6 is 32.9 Å². The molecule has 3 rings (SSSR count). The van der Waals surface area contributed by atoms with Gasteiger partial charge in [-0.3, -0.25) is 0 Å². The summed E-state index contributed by atoms with van der Waals surface area (Å²) in [5.74, 6) is -1.19. The molecule has 0 fully saturated rings. The molecule has 3 N–H and O–H groups in total. The van der Waals surface area contributed by atoms with Crippen molar-refractivity contribution in [2.24, 2.45) is 0 Å². The van der Waals surface area contributed by atoms with Crippen LogP contribution in [0.2, 0.25) is 0 Å². The smallest absolute Gasteiger partial charge is 0.412 e. The largest absolute Gasteiger partial charge is 0.507 e. The molecular weight excluding hydrogens is 406 g/mol. The summed E-state index contributed by atoms with van der Waals surface area (Å²) < 4.78 is 6.03. The lowest BCUT2D eigenvalue weighted by Gasteiger charge is -2.08. The number of carboxylic acids is 1. The summed E-state index contributed by atoms with van der Waals surface area (Å²) in [5, 5.41) is 21.0. The van der Waals surface area contributed by atoms with Crippen LogP contribution in [0.4, 0.5) is 4.79 Å². The van der Waals surface area contributed by atoms with Crippen LogP contribution in [0.5, 0.6) is 11.5 Å². The van der Waals surface area contributed by atoms with Gasteiger partial charge >= 0.3 is 12.1 Å². The predicted molar refractivity (Wildman–Crippen MR) is 106 cm³/mol. The number of carboxylic acid groups (broad SMARTS) is 1. The van der Waals surface area contributed by atoms with Crippen molar-refractivity contribution in [1.82, 2.24) is 5.32 Å². The zero-order valence-corrected chi connectivity index (χ0v) is 16.1. The molecule has 0 radical (unpaired) electrons. The van der Waals surface area contributed by atoms with Crippen molar-refractivity contribution in [3.63, 3.8) is 0 Å². The molecule has 3 aromatic rings. The van der Waals surface area contributed by atoms with Gasteiger partial charge in [-0.1, -0.05) is 39.0 Å². The maximum Gasteiger partial charge on any atom is 0.412 e. The van der Waals surface area contributed by atoms with E-state index < -0.39 is 12.1 Å². The minimum absolute atomic E-state index is 0.0651. The van der Waals surface area contributed by atoms with Gasteiger partial charge in [0.25, 0.3) is 0 Å². The predicted octanol–water partition coefficient (Wildman–Crippen LogP) is 4.90. The second-order valence-electron chi connectivity index (χ2n) is 5.42. The first-order valence-electron chi connectivity index (χ1n) is 7.64. The first-order valence-corrected chi connectivity index (χ1v) is 10.2. The number of ether oxygens (including phenoxy) is 1. The third-order valence-electron chi connectivity index (χ3n) is 3.54. The van der Waals surface area contributed by atoms with Crippen molar-refractivity contribution in [2.45, 2.75) is 6.54 Å². The van der Waals surface area contributed by atoms with Crippen molar-refractivity contribution in [3.05, 3.63) is 63.5 Å². The first-order chi connectivity index (χ1) is 12.9. The molecule has 0 aliphatic heterocycles. The Morgan fingerprint density at radius 2 is 1.81 bits per heavy atom. The number of nitrogens with one attached hydrogen (secondary N) is 1. The highest BCUT2D eigenvalue weighted by molar-refractivity contribution is 7.80. The molecule has 0 aliphatic carbocycles. The second kappa shape index (κ2) is 8.30. The van der Waals surface area contributed by atoms with Crippen LogP contribution in [0.15, 0.2) is 48.5 Å². The quantitative estimate of drug-likeness (QED) is 0.402. The molecule has 2 aromatic carbocycles. The van der Waals surface area contributed by atoms with Crippen LogP contribution in [0.1, 0.15) is 15.9 Å². The lowest BCUT2D eigenvalue weighted by atomic mass is 10.1. The normalized spacial score (nSPS) is 10.4. The van der Waals surface area contributed by atoms with Gasteiger partial charge in [0, 0.05) is 11.4 Å². The summed E-state index contributed by atoms with van der Waals surface area (Å²) in [6.45, 7) is 0.0651. The summed E-state index contributed by atoms with van der Waals surface area (Å²) >= 11 is 5.12. The summed E-state index contributed by atoms with van der Waals surface area (Å²) in [6.07, 6.45) is -0.668. The van der Waals surface area contributed by atoms with Crippen LogP contribution in [0.3, 0.4) is 0 Å². The molecular formula is C18H13NO5S3. The zero-order chi connectivity index (χ0) is 19.4. The summed E-state index contributed by atoms with van der Waals surface area (Å²) in [7, 11) is 3.12. The molecule has 6 nitrogen and oxygen atoms in total. The molecule has 0 spiro atoms. The third-order valence-corrected chi connectivity index (χ3v) is 6.45. The van der Waals surface area contributed by atoms with Crippen molar-refractivity contribution in [1.29, 1.82) is 0 Å². The molecule has 1 amide bonds. The van der Waals surface area contributed by atoms with Crippen LogP contribution in [-0.2, 0) is 6.54 Å². The Bertz CT molecular complexity index is 1040. The van der Waals surface area contributed by atoms with Gasteiger partial charge in [0.2, 0.25) is 0 Å². The van der Waals surface area contributed by atoms with Gasteiger partial charge in [-0.2, -0.15) is 0 Å². The molecule has 0 atom stereocenters. The van der Waals surface area contributed by atoms with Gasteiger partial charge in [0.15, 0.2) is 0 Å². The molecule has 0 saturated heterocycles. The highest BCUT2D eigenvalue weighted by Crippen LogP contribution is 2.30. The minimum Gasteiger partial charge on any atom is -0.507 e. The number of rotatable bonds is 5. The fourth-order valence-electron chi connectivity index (χ4n) is 2.24. The van der Waals surface area contributed by atoms with Crippen molar-refractivity contribution >= 4 is 45.0 Å². The number of amides is 1. The fraction of sp³-hybridized carbons (Fsp3) is 0.0556. The molecule has 1 heterocycles. The van der Waals surface area contributed by atoms with E-state index in [1.807, 2.05) is 18.2 Å². The van der Waals surface area contributed by atoms with E-state index in [1.165, 1.54) is 28.5 Å². The molecule has 9 heteroatoms. The summed E-state index contributed by atoms with van der Waals surface area (Å²) in [5.41, 5.74) is 1.29. The summed E-state index contributed by atoms with van der Waals surface area (Å²) in [6, 6.07) is 13.1. The number of hydrogen-bond acceptors (Lipinski definition) is 7. The van der Waals surface area contributed by atoms with E-state index in [2.05, 4.69) is 5.32 Å². The third kappa shape index (κ3) is 4.91. The molecule has 27 heavy (non-hydrogen) atoms. The Morgan fingerprint density at radius 1 is 1.07 bits per heavy atom. The van der Waals surface area contributed by atoms with E-state index in [0.717, 1.165) is 14.3 Å². The minimum atomic E-state index is -1.24. The molecule has 0 aliphatic rings. The van der Waals surface area contributed by atoms with Crippen LogP contribution in [-0.4, -0.2) is 22.3 Å². The number of aromatic carboxylic acids is 1. The van der Waals surface area contributed by atoms with Gasteiger partial charge < -0.3 is 20.3 Å². The topological polar surface area (TPSA) is 95.9 Å². The zero-order valence-electron chi connectivity index (χ0n) is 13.7. The molecule has 0 unspecified atom stereocenters. The van der Waals surface area contributed by atoms with E-state index in [-0.39, 0.29) is 17.9 Å². The highest BCUT2D eigenvalue weighted by Gasteiger charge is 2.11. The number of benzene rings is 2. The van der Waals surface area contributed by atoms with Gasteiger partial charge in [-0.25, -0.2) is 9.59 Å². The maximum atomic E-state index is 11.9. The Labute approximate surface area is 166 Å². The van der Waals surface area contributed by atoms with Gasteiger partial charge in [-0.05, 0) is 53.6 Å².